The highest BCUT2D eigenvalue weighted by molar-refractivity contribution is 5.51. The number of ether oxygens (including phenoxy) is 2. The summed E-state index contributed by atoms with van der Waals surface area (Å²) in [6.07, 6.45) is 0. The minimum absolute atomic E-state index is 0.272. The zero-order valence-corrected chi connectivity index (χ0v) is 10.7. The topological polar surface area (TPSA) is 44.5 Å². The lowest BCUT2D eigenvalue weighted by Crippen LogP contribution is -2.10. The van der Waals surface area contributed by atoms with Crippen molar-refractivity contribution in [3.05, 3.63) is 53.8 Å². The van der Waals surface area contributed by atoms with E-state index < -0.39 is 0 Å². The molecule has 100 valence electrons. The second-order valence-electron chi connectivity index (χ2n) is 4.15. The van der Waals surface area contributed by atoms with Gasteiger partial charge in [-0.1, -0.05) is 18.2 Å². The van der Waals surface area contributed by atoms with Crippen LogP contribution in [0.5, 0.6) is 11.5 Å². The summed E-state index contributed by atoms with van der Waals surface area (Å²) in [7, 11) is 0. The number of benzene rings is 2. The molecule has 0 heterocycles. The van der Waals surface area contributed by atoms with Gasteiger partial charge in [-0.05, 0) is 30.7 Å². The van der Waals surface area contributed by atoms with E-state index >= 15 is 0 Å². The Hall–Kier alpha value is -2.23. The van der Waals surface area contributed by atoms with E-state index in [0.717, 1.165) is 0 Å². The SMILES string of the molecule is Cc1ccc(OCCOc2ccccc2N)cc1F. The van der Waals surface area contributed by atoms with Gasteiger partial charge in [0.25, 0.3) is 0 Å². The van der Waals surface area contributed by atoms with Crippen LogP contribution >= 0.6 is 0 Å². The summed E-state index contributed by atoms with van der Waals surface area (Å²) in [5.74, 6) is 0.847. The van der Waals surface area contributed by atoms with Crippen LogP contribution in [-0.4, -0.2) is 13.2 Å². The van der Waals surface area contributed by atoms with Crippen LogP contribution in [0, 0.1) is 12.7 Å². The number of hydrogen-bond acceptors (Lipinski definition) is 3. The fraction of sp³-hybridized carbons (Fsp3) is 0.200. The molecule has 2 aromatic rings. The third-order valence-electron chi connectivity index (χ3n) is 2.67. The molecule has 0 aliphatic heterocycles. The smallest absolute Gasteiger partial charge is 0.142 e. The fourth-order valence-electron chi connectivity index (χ4n) is 1.59. The van der Waals surface area contributed by atoms with Crippen molar-refractivity contribution in [3.63, 3.8) is 0 Å². The van der Waals surface area contributed by atoms with Crippen LogP contribution in [0.1, 0.15) is 5.56 Å². The predicted molar refractivity (Wildman–Crippen MR) is 73.0 cm³/mol. The van der Waals surface area contributed by atoms with Gasteiger partial charge in [-0.2, -0.15) is 0 Å². The maximum atomic E-state index is 13.3. The molecule has 0 unspecified atom stereocenters. The van der Waals surface area contributed by atoms with Gasteiger partial charge in [-0.3, -0.25) is 0 Å². The van der Waals surface area contributed by atoms with Gasteiger partial charge in [0.2, 0.25) is 0 Å². The molecule has 4 heteroatoms. The number of nitrogen functional groups attached to an aromatic ring is 1. The van der Waals surface area contributed by atoms with Crippen molar-refractivity contribution in [3.8, 4) is 11.5 Å². The average Bonchev–Trinajstić information content (AvgIpc) is 2.40. The third kappa shape index (κ3) is 3.61. The fourth-order valence-corrected chi connectivity index (χ4v) is 1.59. The largest absolute Gasteiger partial charge is 0.490 e. The van der Waals surface area contributed by atoms with Crippen molar-refractivity contribution in [2.45, 2.75) is 6.92 Å². The first kappa shape index (κ1) is 13.2. The summed E-state index contributed by atoms with van der Waals surface area (Å²) >= 11 is 0. The summed E-state index contributed by atoms with van der Waals surface area (Å²) in [5.41, 5.74) is 6.92. The zero-order valence-electron chi connectivity index (χ0n) is 10.7. The van der Waals surface area contributed by atoms with E-state index in [4.69, 9.17) is 15.2 Å². The highest BCUT2D eigenvalue weighted by atomic mass is 19.1. The number of aryl methyl sites for hydroxylation is 1. The van der Waals surface area contributed by atoms with Crippen molar-refractivity contribution in [1.82, 2.24) is 0 Å². The summed E-state index contributed by atoms with van der Waals surface area (Å²) < 4.78 is 24.1. The first-order valence-corrected chi connectivity index (χ1v) is 6.03. The van der Waals surface area contributed by atoms with Crippen molar-refractivity contribution < 1.29 is 13.9 Å². The Labute approximate surface area is 111 Å². The van der Waals surface area contributed by atoms with Gasteiger partial charge in [-0.15, -0.1) is 0 Å². The molecule has 0 aliphatic rings. The molecule has 0 bridgehead atoms. The van der Waals surface area contributed by atoms with Gasteiger partial charge in [0.1, 0.15) is 30.5 Å². The maximum absolute atomic E-state index is 13.3. The maximum Gasteiger partial charge on any atom is 0.142 e. The number of nitrogens with two attached hydrogens (primary N) is 1. The molecule has 0 fully saturated rings. The van der Waals surface area contributed by atoms with Gasteiger partial charge in [0, 0.05) is 6.07 Å². The van der Waals surface area contributed by atoms with Crippen LogP contribution in [0.25, 0.3) is 0 Å². The number of halogens is 1. The van der Waals surface area contributed by atoms with Gasteiger partial charge in [0.15, 0.2) is 0 Å². The molecule has 0 radical (unpaired) electrons. The lowest BCUT2D eigenvalue weighted by Gasteiger charge is -2.10. The molecule has 0 saturated heterocycles. The van der Waals surface area contributed by atoms with Gasteiger partial charge in [-0.25, -0.2) is 4.39 Å². The van der Waals surface area contributed by atoms with Gasteiger partial charge >= 0.3 is 0 Å². The van der Waals surface area contributed by atoms with E-state index in [1.807, 2.05) is 12.1 Å². The van der Waals surface area contributed by atoms with Crippen molar-refractivity contribution >= 4 is 5.69 Å². The minimum Gasteiger partial charge on any atom is -0.490 e. The second-order valence-corrected chi connectivity index (χ2v) is 4.15. The molecule has 19 heavy (non-hydrogen) atoms. The van der Waals surface area contributed by atoms with Crippen LogP contribution in [0.2, 0.25) is 0 Å². The number of anilines is 1. The molecule has 2 rings (SSSR count). The lowest BCUT2D eigenvalue weighted by atomic mass is 10.2. The highest BCUT2D eigenvalue weighted by Crippen LogP contribution is 2.20. The quantitative estimate of drug-likeness (QED) is 0.664. The van der Waals surface area contributed by atoms with E-state index in [2.05, 4.69) is 0 Å². The van der Waals surface area contributed by atoms with E-state index in [9.17, 15) is 4.39 Å². The van der Waals surface area contributed by atoms with E-state index in [1.165, 1.54) is 6.07 Å². The lowest BCUT2D eigenvalue weighted by molar-refractivity contribution is 0.217. The van der Waals surface area contributed by atoms with Gasteiger partial charge in [0.05, 0.1) is 5.69 Å². The minimum atomic E-state index is -0.272. The van der Waals surface area contributed by atoms with Crippen LogP contribution < -0.4 is 15.2 Å². The van der Waals surface area contributed by atoms with Crippen LogP contribution in [0.4, 0.5) is 10.1 Å². The Morgan fingerprint density at radius 3 is 2.53 bits per heavy atom. The van der Waals surface area contributed by atoms with Crippen LogP contribution in [0.3, 0.4) is 0 Å². The Morgan fingerprint density at radius 2 is 1.79 bits per heavy atom. The number of para-hydroxylation sites is 2. The summed E-state index contributed by atoms with van der Waals surface area (Å²) in [6, 6.07) is 12.0. The highest BCUT2D eigenvalue weighted by Gasteiger charge is 2.01. The molecule has 0 atom stereocenters. The molecule has 0 aromatic heterocycles. The zero-order chi connectivity index (χ0) is 13.7. The molecular formula is C15H16FNO2. The van der Waals surface area contributed by atoms with Crippen molar-refractivity contribution in [1.29, 1.82) is 0 Å². The summed E-state index contributed by atoms with van der Waals surface area (Å²) in [4.78, 5) is 0. The molecule has 0 amide bonds. The third-order valence-corrected chi connectivity index (χ3v) is 2.67. The van der Waals surface area contributed by atoms with Crippen molar-refractivity contribution in [2.24, 2.45) is 0 Å². The second kappa shape index (κ2) is 6.09. The summed E-state index contributed by atoms with van der Waals surface area (Å²) in [5, 5.41) is 0. The monoisotopic (exact) mass is 261 g/mol. The Balaban J connectivity index is 1.81. The molecule has 0 saturated carbocycles. The molecular weight excluding hydrogens is 245 g/mol. The van der Waals surface area contributed by atoms with Crippen LogP contribution in [0.15, 0.2) is 42.5 Å². The Bertz CT molecular complexity index is 558. The average molecular weight is 261 g/mol. The molecule has 0 spiro atoms. The standard InChI is InChI=1S/C15H16FNO2/c1-11-6-7-12(10-13(11)16)18-8-9-19-15-5-3-2-4-14(15)17/h2-7,10H,8-9,17H2,1H3. The summed E-state index contributed by atoms with van der Waals surface area (Å²) in [6.45, 7) is 2.39. The molecule has 2 aromatic carbocycles. The normalized spacial score (nSPS) is 10.2. The molecule has 3 nitrogen and oxygen atoms in total. The molecule has 0 aliphatic carbocycles. The first-order chi connectivity index (χ1) is 9.16. The first-order valence-electron chi connectivity index (χ1n) is 6.03. The van der Waals surface area contributed by atoms with E-state index in [0.29, 0.717) is 36.0 Å². The number of hydrogen-bond donors (Lipinski definition) is 1. The number of rotatable bonds is 5. The Kier molecular flexibility index (Phi) is 4.23. The van der Waals surface area contributed by atoms with Gasteiger partial charge < -0.3 is 15.2 Å². The van der Waals surface area contributed by atoms with E-state index in [-0.39, 0.29) is 5.82 Å². The van der Waals surface area contributed by atoms with Crippen LogP contribution in [-0.2, 0) is 0 Å². The Morgan fingerprint density at radius 1 is 1.05 bits per heavy atom. The predicted octanol–water partition coefficient (Wildman–Crippen LogP) is 3.17. The molecule has 2 N–H and O–H groups in total. The van der Waals surface area contributed by atoms with E-state index in [1.54, 1.807) is 31.2 Å². The van der Waals surface area contributed by atoms with Crippen molar-refractivity contribution in [2.75, 3.05) is 18.9 Å².